The molecule has 0 N–H and O–H groups in total. The van der Waals surface area contributed by atoms with Gasteiger partial charge in [-0.2, -0.15) is 0 Å². The van der Waals surface area contributed by atoms with Crippen molar-refractivity contribution in [1.82, 2.24) is 9.80 Å². The smallest absolute Gasteiger partial charge is 0.0136 e. The zero-order valence-corrected chi connectivity index (χ0v) is 10.4. The number of likely N-dealkylation sites (tertiary alicyclic amines) is 2. The SMILES string of the molecule is CCN1CCCCC1C1CCCN(C)C1. The Labute approximate surface area is 94.6 Å². The molecule has 2 aliphatic heterocycles. The summed E-state index contributed by atoms with van der Waals surface area (Å²) in [6.45, 7) is 7.58. The van der Waals surface area contributed by atoms with Gasteiger partial charge in [-0.05, 0) is 58.3 Å². The molecule has 0 saturated carbocycles. The second kappa shape index (κ2) is 5.31. The molecule has 0 aliphatic carbocycles. The third-order valence-electron chi connectivity index (χ3n) is 4.28. The van der Waals surface area contributed by atoms with Gasteiger partial charge in [0, 0.05) is 12.6 Å². The van der Waals surface area contributed by atoms with E-state index in [1.54, 1.807) is 0 Å². The van der Waals surface area contributed by atoms with Gasteiger partial charge in [0.15, 0.2) is 0 Å². The molecule has 2 unspecified atom stereocenters. The van der Waals surface area contributed by atoms with Crippen LogP contribution in [0.25, 0.3) is 0 Å². The van der Waals surface area contributed by atoms with Gasteiger partial charge in [-0.1, -0.05) is 13.3 Å². The van der Waals surface area contributed by atoms with Crippen molar-refractivity contribution in [2.45, 2.75) is 45.1 Å². The monoisotopic (exact) mass is 210 g/mol. The van der Waals surface area contributed by atoms with Gasteiger partial charge < -0.3 is 9.80 Å². The summed E-state index contributed by atoms with van der Waals surface area (Å²) in [5.41, 5.74) is 0. The minimum Gasteiger partial charge on any atom is -0.306 e. The van der Waals surface area contributed by atoms with Crippen molar-refractivity contribution >= 4 is 0 Å². The van der Waals surface area contributed by atoms with Crippen molar-refractivity contribution in [3.05, 3.63) is 0 Å². The van der Waals surface area contributed by atoms with Crippen molar-refractivity contribution in [3.8, 4) is 0 Å². The first kappa shape index (κ1) is 11.4. The Bertz CT molecular complexity index is 193. The van der Waals surface area contributed by atoms with Gasteiger partial charge >= 0.3 is 0 Å². The summed E-state index contributed by atoms with van der Waals surface area (Å²) in [6.07, 6.45) is 7.21. The van der Waals surface area contributed by atoms with Crippen molar-refractivity contribution in [3.63, 3.8) is 0 Å². The Kier molecular flexibility index (Phi) is 4.04. The molecular weight excluding hydrogens is 184 g/mol. The Morgan fingerprint density at radius 1 is 1.07 bits per heavy atom. The summed E-state index contributed by atoms with van der Waals surface area (Å²) in [5, 5.41) is 0. The minimum atomic E-state index is 0.895. The topological polar surface area (TPSA) is 6.48 Å². The summed E-state index contributed by atoms with van der Waals surface area (Å²) in [6, 6.07) is 0.895. The first-order chi connectivity index (χ1) is 7.31. The molecule has 2 rings (SSSR count). The Balaban J connectivity index is 1.94. The molecule has 2 fully saturated rings. The molecule has 2 heterocycles. The van der Waals surface area contributed by atoms with Crippen LogP contribution in [0.2, 0.25) is 0 Å². The summed E-state index contributed by atoms with van der Waals surface area (Å²) >= 11 is 0. The lowest BCUT2D eigenvalue weighted by molar-refractivity contribution is 0.0647. The van der Waals surface area contributed by atoms with Crippen LogP contribution in [0.1, 0.15) is 39.0 Å². The van der Waals surface area contributed by atoms with Gasteiger partial charge in [0.1, 0.15) is 0 Å². The van der Waals surface area contributed by atoms with Crippen LogP contribution < -0.4 is 0 Å². The summed E-state index contributed by atoms with van der Waals surface area (Å²) in [7, 11) is 2.28. The highest BCUT2D eigenvalue weighted by Crippen LogP contribution is 2.28. The summed E-state index contributed by atoms with van der Waals surface area (Å²) < 4.78 is 0. The molecule has 0 spiro atoms. The Morgan fingerprint density at radius 2 is 1.93 bits per heavy atom. The molecular formula is C13H26N2. The van der Waals surface area contributed by atoms with E-state index in [-0.39, 0.29) is 0 Å². The lowest BCUT2D eigenvalue weighted by Crippen LogP contribution is -2.48. The standard InChI is InChI=1S/C13H26N2/c1-3-15-10-5-4-8-13(15)12-7-6-9-14(2)11-12/h12-13H,3-11H2,1-2H3. The average Bonchev–Trinajstić information content (AvgIpc) is 2.29. The van der Waals surface area contributed by atoms with Gasteiger partial charge in [0.05, 0.1) is 0 Å². The van der Waals surface area contributed by atoms with Crippen LogP contribution in [-0.2, 0) is 0 Å². The molecule has 0 radical (unpaired) electrons. The third-order valence-corrected chi connectivity index (χ3v) is 4.28. The lowest BCUT2D eigenvalue weighted by atomic mass is 9.85. The molecule has 0 aromatic rings. The van der Waals surface area contributed by atoms with Crippen LogP contribution in [0.5, 0.6) is 0 Å². The highest BCUT2D eigenvalue weighted by molar-refractivity contribution is 4.86. The van der Waals surface area contributed by atoms with E-state index >= 15 is 0 Å². The molecule has 2 saturated heterocycles. The van der Waals surface area contributed by atoms with E-state index < -0.39 is 0 Å². The number of hydrogen-bond donors (Lipinski definition) is 0. The molecule has 0 bridgehead atoms. The van der Waals surface area contributed by atoms with Crippen molar-refractivity contribution in [2.24, 2.45) is 5.92 Å². The summed E-state index contributed by atoms with van der Waals surface area (Å²) in [5.74, 6) is 0.948. The first-order valence-electron chi connectivity index (χ1n) is 6.74. The van der Waals surface area contributed by atoms with Gasteiger partial charge in [0.25, 0.3) is 0 Å². The van der Waals surface area contributed by atoms with Crippen molar-refractivity contribution < 1.29 is 0 Å². The molecule has 0 aromatic carbocycles. The predicted octanol–water partition coefficient (Wildman–Crippen LogP) is 2.20. The Morgan fingerprint density at radius 3 is 2.67 bits per heavy atom. The number of rotatable bonds is 2. The summed E-state index contributed by atoms with van der Waals surface area (Å²) in [4.78, 5) is 5.25. The predicted molar refractivity (Wildman–Crippen MR) is 65.1 cm³/mol. The fourth-order valence-electron chi connectivity index (χ4n) is 3.46. The number of hydrogen-bond acceptors (Lipinski definition) is 2. The highest BCUT2D eigenvalue weighted by Gasteiger charge is 2.30. The number of nitrogens with zero attached hydrogens (tertiary/aromatic N) is 2. The van der Waals surface area contributed by atoms with Crippen LogP contribution in [0, 0.1) is 5.92 Å². The van der Waals surface area contributed by atoms with E-state index in [1.165, 1.54) is 58.3 Å². The van der Waals surface area contributed by atoms with Crippen molar-refractivity contribution in [1.29, 1.82) is 0 Å². The maximum Gasteiger partial charge on any atom is 0.0136 e. The Hall–Kier alpha value is -0.0800. The van der Waals surface area contributed by atoms with E-state index in [0.717, 1.165) is 12.0 Å². The maximum atomic E-state index is 2.73. The fraction of sp³-hybridized carbons (Fsp3) is 1.00. The van der Waals surface area contributed by atoms with E-state index in [4.69, 9.17) is 0 Å². The van der Waals surface area contributed by atoms with E-state index in [9.17, 15) is 0 Å². The number of piperidine rings is 2. The highest BCUT2D eigenvalue weighted by atomic mass is 15.2. The van der Waals surface area contributed by atoms with Crippen molar-refractivity contribution in [2.75, 3.05) is 33.2 Å². The van der Waals surface area contributed by atoms with Gasteiger partial charge in [-0.3, -0.25) is 0 Å². The fourth-order valence-corrected chi connectivity index (χ4v) is 3.46. The van der Waals surface area contributed by atoms with Crippen LogP contribution in [0.4, 0.5) is 0 Å². The quantitative estimate of drug-likeness (QED) is 0.689. The average molecular weight is 210 g/mol. The van der Waals surface area contributed by atoms with Crippen LogP contribution in [0.3, 0.4) is 0 Å². The second-order valence-electron chi connectivity index (χ2n) is 5.36. The van der Waals surface area contributed by atoms with E-state index in [2.05, 4.69) is 23.8 Å². The molecule has 2 atom stereocenters. The normalized spacial score (nSPS) is 35.6. The van der Waals surface area contributed by atoms with E-state index in [1.807, 2.05) is 0 Å². The zero-order chi connectivity index (χ0) is 10.7. The molecule has 88 valence electrons. The zero-order valence-electron chi connectivity index (χ0n) is 10.4. The molecule has 2 nitrogen and oxygen atoms in total. The van der Waals surface area contributed by atoms with Gasteiger partial charge in [-0.25, -0.2) is 0 Å². The van der Waals surface area contributed by atoms with Crippen LogP contribution in [0.15, 0.2) is 0 Å². The first-order valence-corrected chi connectivity index (χ1v) is 6.74. The minimum absolute atomic E-state index is 0.895. The molecule has 2 heteroatoms. The van der Waals surface area contributed by atoms with Crippen LogP contribution >= 0.6 is 0 Å². The van der Waals surface area contributed by atoms with E-state index in [0.29, 0.717) is 0 Å². The second-order valence-corrected chi connectivity index (χ2v) is 5.36. The molecule has 15 heavy (non-hydrogen) atoms. The maximum absolute atomic E-state index is 2.73. The largest absolute Gasteiger partial charge is 0.306 e. The lowest BCUT2D eigenvalue weighted by Gasteiger charge is -2.43. The van der Waals surface area contributed by atoms with Crippen LogP contribution in [-0.4, -0.2) is 49.1 Å². The third kappa shape index (κ3) is 2.73. The molecule has 0 amide bonds. The molecule has 2 aliphatic rings. The van der Waals surface area contributed by atoms with Gasteiger partial charge in [-0.15, -0.1) is 0 Å². The van der Waals surface area contributed by atoms with Gasteiger partial charge in [0.2, 0.25) is 0 Å². The molecule has 0 aromatic heterocycles.